The Morgan fingerprint density at radius 2 is 2.09 bits per heavy atom. The Morgan fingerprint density at radius 1 is 1.32 bits per heavy atom. The molecule has 0 spiro atoms. The number of aromatic nitrogens is 3. The van der Waals surface area contributed by atoms with Crippen molar-refractivity contribution in [1.29, 1.82) is 5.26 Å². The average Bonchev–Trinajstić information content (AvgIpc) is 2.92. The fourth-order valence-corrected chi connectivity index (χ4v) is 3.02. The van der Waals surface area contributed by atoms with E-state index >= 15 is 0 Å². The fourth-order valence-electron chi connectivity index (χ4n) is 2.78. The van der Waals surface area contributed by atoms with Gasteiger partial charge >= 0.3 is 0 Å². The van der Waals surface area contributed by atoms with E-state index in [0.717, 1.165) is 37.2 Å². The van der Waals surface area contributed by atoms with E-state index in [9.17, 15) is 5.26 Å². The van der Waals surface area contributed by atoms with Gasteiger partial charge in [0.25, 0.3) is 0 Å². The molecule has 0 radical (unpaired) electrons. The fraction of sp³-hybridized carbons (Fsp3) is 0.400. The van der Waals surface area contributed by atoms with Crippen LogP contribution in [0.5, 0.6) is 0 Å². The molecule has 22 heavy (non-hydrogen) atoms. The molecule has 1 saturated heterocycles. The molecule has 3 rings (SSSR count). The molecular weight excluding hydrogens is 300 g/mol. The first-order chi connectivity index (χ1) is 10.7. The van der Waals surface area contributed by atoms with Crippen LogP contribution in [0.2, 0.25) is 5.15 Å². The van der Waals surface area contributed by atoms with Gasteiger partial charge in [-0.1, -0.05) is 11.6 Å². The lowest BCUT2D eigenvalue weighted by Crippen LogP contribution is -2.27. The highest BCUT2D eigenvalue weighted by molar-refractivity contribution is 6.30. The van der Waals surface area contributed by atoms with Crippen molar-refractivity contribution in [2.24, 2.45) is 0 Å². The summed E-state index contributed by atoms with van der Waals surface area (Å²) < 4.78 is 0. The highest BCUT2D eigenvalue weighted by Crippen LogP contribution is 2.33. The summed E-state index contributed by atoms with van der Waals surface area (Å²) in [6.45, 7) is 3.84. The number of H-pyrrole nitrogens is 1. The van der Waals surface area contributed by atoms with Gasteiger partial charge in [0.1, 0.15) is 17.0 Å². The Labute approximate surface area is 133 Å². The van der Waals surface area contributed by atoms with Gasteiger partial charge in [0.15, 0.2) is 5.82 Å². The van der Waals surface area contributed by atoms with Crippen LogP contribution in [0.3, 0.4) is 0 Å². The van der Waals surface area contributed by atoms with Gasteiger partial charge in [-0.05, 0) is 50.4 Å². The third-order valence-corrected chi connectivity index (χ3v) is 4.13. The molecule has 1 fully saturated rings. The third kappa shape index (κ3) is 3.06. The van der Waals surface area contributed by atoms with Crippen LogP contribution in [0.25, 0.3) is 0 Å². The minimum Gasteiger partial charge on any atom is -0.323 e. The Bertz CT molecular complexity index is 711. The van der Waals surface area contributed by atoms with Gasteiger partial charge in [0.05, 0.1) is 5.56 Å². The molecule has 7 heteroatoms. The monoisotopic (exact) mass is 316 g/mol. The zero-order valence-electron chi connectivity index (χ0n) is 12.3. The quantitative estimate of drug-likeness (QED) is 0.758. The number of halogens is 1. The van der Waals surface area contributed by atoms with Crippen molar-refractivity contribution in [2.45, 2.75) is 25.7 Å². The smallest absolute Gasteiger partial charge is 0.153 e. The molecule has 1 aliphatic heterocycles. The van der Waals surface area contributed by atoms with Crippen LogP contribution >= 0.6 is 11.6 Å². The number of nitriles is 1. The predicted molar refractivity (Wildman–Crippen MR) is 85.4 cm³/mol. The van der Waals surface area contributed by atoms with E-state index in [4.69, 9.17) is 11.6 Å². The predicted octanol–water partition coefficient (Wildman–Crippen LogP) is 2.85. The second-order valence-corrected chi connectivity index (χ2v) is 5.82. The second kappa shape index (κ2) is 6.34. The molecule has 0 bridgehead atoms. The number of hydrogen-bond acceptors (Lipinski definition) is 5. The molecule has 114 valence electrons. The Kier molecular flexibility index (Phi) is 4.27. The zero-order chi connectivity index (χ0) is 15.5. The lowest BCUT2D eigenvalue weighted by atomic mass is 9.88. The van der Waals surface area contributed by atoms with Crippen LogP contribution in [0, 0.1) is 18.3 Å². The van der Waals surface area contributed by atoms with Crippen molar-refractivity contribution in [3.63, 3.8) is 0 Å². The lowest BCUT2D eigenvalue weighted by molar-refractivity contribution is 0.460. The maximum atomic E-state index is 9.39. The molecule has 0 aliphatic carbocycles. The summed E-state index contributed by atoms with van der Waals surface area (Å²) in [6, 6.07) is 6.00. The van der Waals surface area contributed by atoms with Crippen LogP contribution in [0.4, 0.5) is 11.6 Å². The number of aryl methyl sites for hydroxylation is 1. The number of nitrogens with zero attached hydrogens (tertiary/aromatic N) is 3. The molecule has 0 aromatic carbocycles. The SMILES string of the molecule is Cc1cc(Nc2cc(C3CCNCC3)c(C#N)c(Cl)n2)n[nH]1. The molecule has 0 saturated carbocycles. The van der Waals surface area contributed by atoms with Gasteiger partial charge in [0, 0.05) is 11.8 Å². The highest BCUT2D eigenvalue weighted by atomic mass is 35.5. The summed E-state index contributed by atoms with van der Waals surface area (Å²) in [5.74, 6) is 1.63. The maximum Gasteiger partial charge on any atom is 0.153 e. The first-order valence-corrected chi connectivity index (χ1v) is 7.65. The van der Waals surface area contributed by atoms with E-state index in [1.165, 1.54) is 0 Å². The molecule has 1 aliphatic rings. The van der Waals surface area contributed by atoms with E-state index in [0.29, 0.717) is 23.1 Å². The molecular formula is C15H17ClN6. The van der Waals surface area contributed by atoms with Gasteiger partial charge in [0.2, 0.25) is 0 Å². The highest BCUT2D eigenvalue weighted by Gasteiger charge is 2.21. The number of rotatable bonds is 3. The molecule has 3 heterocycles. The van der Waals surface area contributed by atoms with Crippen molar-refractivity contribution in [3.05, 3.63) is 34.1 Å². The molecule has 2 aromatic rings. The van der Waals surface area contributed by atoms with E-state index in [-0.39, 0.29) is 5.15 Å². The zero-order valence-corrected chi connectivity index (χ0v) is 13.0. The van der Waals surface area contributed by atoms with Crippen LogP contribution in [-0.4, -0.2) is 28.3 Å². The summed E-state index contributed by atoms with van der Waals surface area (Å²) in [4.78, 5) is 4.27. The van der Waals surface area contributed by atoms with Crippen molar-refractivity contribution in [2.75, 3.05) is 18.4 Å². The number of piperidine rings is 1. The molecule has 2 aromatic heterocycles. The van der Waals surface area contributed by atoms with Gasteiger partial charge in [-0.3, -0.25) is 5.10 Å². The van der Waals surface area contributed by atoms with Crippen molar-refractivity contribution in [1.82, 2.24) is 20.5 Å². The van der Waals surface area contributed by atoms with Crippen molar-refractivity contribution in [3.8, 4) is 6.07 Å². The Hall–Kier alpha value is -2.10. The summed E-state index contributed by atoms with van der Waals surface area (Å²) in [5.41, 5.74) is 2.41. The molecule has 6 nitrogen and oxygen atoms in total. The van der Waals surface area contributed by atoms with E-state index in [1.807, 2.05) is 19.1 Å². The van der Waals surface area contributed by atoms with Crippen molar-refractivity contribution >= 4 is 23.2 Å². The van der Waals surface area contributed by atoms with Crippen LogP contribution in [-0.2, 0) is 0 Å². The standard InChI is InChI=1S/C15H17ClN6/c1-9-6-14(22-21-9)19-13-7-11(10-2-4-18-5-3-10)12(8-17)15(16)20-13/h6-7,10,18H,2-5H2,1H3,(H2,19,20,21,22). The Morgan fingerprint density at radius 3 is 2.73 bits per heavy atom. The van der Waals surface area contributed by atoms with Gasteiger partial charge in [-0.15, -0.1) is 0 Å². The summed E-state index contributed by atoms with van der Waals surface area (Å²) in [5, 5.41) is 23.1. The topological polar surface area (TPSA) is 89.4 Å². The molecule has 0 atom stereocenters. The first-order valence-electron chi connectivity index (χ1n) is 7.27. The minimum absolute atomic E-state index is 0.244. The maximum absolute atomic E-state index is 9.39. The van der Waals surface area contributed by atoms with Crippen LogP contribution in [0.1, 0.15) is 35.6 Å². The molecule has 0 unspecified atom stereocenters. The van der Waals surface area contributed by atoms with Crippen LogP contribution in [0.15, 0.2) is 12.1 Å². The average molecular weight is 317 g/mol. The number of aromatic amines is 1. The third-order valence-electron chi connectivity index (χ3n) is 3.86. The molecule has 0 amide bonds. The number of nitrogens with one attached hydrogen (secondary N) is 3. The number of anilines is 2. The largest absolute Gasteiger partial charge is 0.323 e. The van der Waals surface area contributed by atoms with E-state index in [1.54, 1.807) is 0 Å². The van der Waals surface area contributed by atoms with E-state index in [2.05, 4.69) is 31.9 Å². The van der Waals surface area contributed by atoms with E-state index < -0.39 is 0 Å². The minimum atomic E-state index is 0.244. The summed E-state index contributed by atoms with van der Waals surface area (Å²) in [6.07, 6.45) is 1.99. The van der Waals surface area contributed by atoms with Gasteiger partial charge < -0.3 is 10.6 Å². The number of pyridine rings is 1. The van der Waals surface area contributed by atoms with Gasteiger partial charge in [-0.25, -0.2) is 4.98 Å². The van der Waals surface area contributed by atoms with Crippen LogP contribution < -0.4 is 10.6 Å². The normalized spacial score (nSPS) is 15.5. The van der Waals surface area contributed by atoms with Crippen molar-refractivity contribution < 1.29 is 0 Å². The first kappa shape index (κ1) is 14.8. The second-order valence-electron chi connectivity index (χ2n) is 5.46. The van der Waals surface area contributed by atoms with Gasteiger partial charge in [-0.2, -0.15) is 10.4 Å². The summed E-state index contributed by atoms with van der Waals surface area (Å²) in [7, 11) is 0. The summed E-state index contributed by atoms with van der Waals surface area (Å²) >= 11 is 6.21. The molecule has 3 N–H and O–H groups in total. The number of hydrogen-bond donors (Lipinski definition) is 3. The lowest BCUT2D eigenvalue weighted by Gasteiger charge is -2.24. The Balaban J connectivity index is 1.94.